The van der Waals surface area contributed by atoms with Gasteiger partial charge < -0.3 is 29.7 Å². The van der Waals surface area contributed by atoms with Gasteiger partial charge >= 0.3 is 5.51 Å². The number of hydrogen-bond donors (Lipinski definition) is 2. The fourth-order valence-electron chi connectivity index (χ4n) is 7.29. The Hall–Kier alpha value is -7.16. The first-order valence-electron chi connectivity index (χ1n) is 24.2. The van der Waals surface area contributed by atoms with Crippen molar-refractivity contribution in [3.05, 3.63) is 266 Å². The Morgan fingerprint density at radius 3 is 1.28 bits per heavy atom. The first-order chi connectivity index (χ1) is 37.4. The molecule has 79 heavy (non-hydrogen) atoms. The summed E-state index contributed by atoms with van der Waals surface area (Å²) in [5.74, 6) is 0. The van der Waals surface area contributed by atoms with E-state index < -0.39 is 15.6 Å². The number of pyridine rings is 4. The Balaban J connectivity index is 0.000000994. The summed E-state index contributed by atoms with van der Waals surface area (Å²) in [6.07, 6.45) is 7.56. The number of aliphatic hydroxyl groups excluding tert-OH is 2. The minimum absolute atomic E-state index is 0. The monoisotopic (exact) mass is 1440 g/mol. The van der Waals surface area contributed by atoms with Crippen LogP contribution in [-0.2, 0) is 63.2 Å². The van der Waals surface area contributed by atoms with Gasteiger partial charge in [0, 0.05) is 98.3 Å². The van der Waals surface area contributed by atoms with E-state index in [2.05, 4.69) is 133 Å². The van der Waals surface area contributed by atoms with Crippen LogP contribution >= 0.6 is 0 Å². The third-order valence-corrected chi connectivity index (χ3v) is 11.4. The first kappa shape index (κ1) is 67.9. The summed E-state index contributed by atoms with van der Waals surface area (Å²) in [7, 11) is -4.09. The Labute approximate surface area is 492 Å². The molecule has 0 atom stereocenters. The van der Waals surface area contributed by atoms with Crippen LogP contribution in [0.5, 0.6) is 0 Å². The van der Waals surface area contributed by atoms with Gasteiger partial charge in [-0.15, -0.1) is 108 Å². The van der Waals surface area contributed by atoms with Crippen molar-refractivity contribution in [1.82, 2.24) is 19.9 Å². The summed E-state index contributed by atoms with van der Waals surface area (Å²) >= 11 is 0. The molecule has 0 amide bonds. The fourth-order valence-corrected chi connectivity index (χ4v) is 7.29. The van der Waals surface area contributed by atoms with Crippen LogP contribution < -0.4 is 0 Å². The second kappa shape index (κ2) is 36.8. The number of aromatic nitrogens is 4. The van der Waals surface area contributed by atoms with Crippen LogP contribution in [0.2, 0.25) is 0 Å². The maximum atomic E-state index is 10.7. The maximum Gasteiger partial charge on any atom is 0.485 e. The molecule has 0 aliphatic carbocycles. The topological polar surface area (TPSA) is 149 Å². The molecule has 418 valence electrons. The van der Waals surface area contributed by atoms with Gasteiger partial charge in [-0.1, -0.05) is 135 Å². The number of rotatable bonds is 8. The molecule has 9 nitrogen and oxygen atoms in total. The molecule has 2 N–H and O–H groups in total. The van der Waals surface area contributed by atoms with E-state index in [1.165, 1.54) is 33.4 Å². The average molecular weight is 1440 g/mol. The fraction of sp³-hybridized carbons (Fsp3) is 0.125. The molecular formula is C64H63F3Ir2N4O5S-4. The zero-order valence-electron chi connectivity index (χ0n) is 44.0. The Morgan fingerprint density at radius 2 is 0.873 bits per heavy atom. The van der Waals surface area contributed by atoms with E-state index in [9.17, 15) is 13.2 Å². The number of benzene rings is 6. The van der Waals surface area contributed by atoms with Crippen molar-refractivity contribution in [2.45, 2.75) is 39.1 Å². The van der Waals surface area contributed by atoms with Crippen LogP contribution in [0.15, 0.2) is 231 Å². The number of aliphatic hydroxyl groups is 2. The maximum absolute atomic E-state index is 10.7. The van der Waals surface area contributed by atoms with Crippen molar-refractivity contribution in [1.29, 1.82) is 0 Å². The molecular weight excluding hydrogens is 1380 g/mol. The Kier molecular flexibility index (Phi) is 31.7. The van der Waals surface area contributed by atoms with Crippen molar-refractivity contribution in [2.75, 3.05) is 14.2 Å². The summed E-state index contributed by atoms with van der Waals surface area (Å²) in [4.78, 5) is 17.9. The molecule has 0 aliphatic heterocycles. The molecule has 0 unspecified atom stereocenters. The number of halogens is 3. The van der Waals surface area contributed by atoms with E-state index in [-0.39, 0.29) is 43.1 Å². The predicted molar refractivity (Wildman–Crippen MR) is 306 cm³/mol. The van der Waals surface area contributed by atoms with E-state index in [4.69, 9.17) is 28.2 Å². The summed E-state index contributed by atoms with van der Waals surface area (Å²) < 4.78 is 58.9. The van der Waals surface area contributed by atoms with Crippen LogP contribution in [0.25, 0.3) is 67.3 Å². The smallest absolute Gasteiger partial charge is 0.485 e. The Bertz CT molecular complexity index is 3170. The van der Waals surface area contributed by atoms with Gasteiger partial charge in [-0.2, -0.15) is 13.2 Å². The molecule has 0 saturated heterocycles. The molecule has 6 aromatic carbocycles. The van der Waals surface area contributed by atoms with Gasteiger partial charge in [0.2, 0.25) is 0 Å². The van der Waals surface area contributed by atoms with Crippen molar-refractivity contribution in [2.24, 2.45) is 0 Å². The van der Waals surface area contributed by atoms with Gasteiger partial charge in [-0.25, -0.2) is 8.42 Å². The van der Waals surface area contributed by atoms with E-state index in [1.807, 2.05) is 146 Å². The molecule has 4 aromatic heterocycles. The summed E-state index contributed by atoms with van der Waals surface area (Å²) in [5.41, 5.74) is 11.3. The third-order valence-electron chi connectivity index (χ3n) is 10.8. The number of hydrogen-bond acceptors (Lipinski definition) is 9. The van der Waals surface area contributed by atoms with Gasteiger partial charge in [-0.05, 0) is 77.3 Å². The molecule has 10 aromatic rings. The van der Waals surface area contributed by atoms with Gasteiger partial charge in [-0.3, -0.25) is 4.98 Å². The van der Waals surface area contributed by atoms with E-state index in [0.29, 0.717) is 0 Å². The van der Waals surface area contributed by atoms with Crippen LogP contribution in [-0.4, -0.2) is 62.8 Å². The zero-order chi connectivity index (χ0) is 55.9. The standard InChI is InChI=1S/C20H18N.C19H16N.C11H9N.C11H8N.CHF3O3S.2CH4O.2Ir.2H2/c1-3-16-14-19(17-10-6-4-7-11-17)21-15(2)20(16)18-12-8-5-9-13-18;1-2-15-13-19(17-11-7-4-8-12-17)20-14-18(15)16-9-5-3-6-10-16;2*1-2-6-10(7-3-1)11-8-4-5-9-12-11;2-1(3,4)8(5,6)7;2*1-2;;;;/h4-10,12-14H,3H2,1-2H3;3-11,13-14H,2H2,1H3;1-9H;1-6,8-9H;(H,5,6,7);2*2H,1H3;;;2*1H/q2*-1;;-1;;;;;;;/p-1. The Morgan fingerprint density at radius 1 is 0.494 bits per heavy atom. The molecule has 2 radical (unpaired) electrons. The SMILES string of the molecule is CCc1cc(-c2[c-]cccc2)nc(C)c1-c1ccccc1.CCc1cc(-c2[c-]cccc2)ncc1-c1ccccc1.CO.CO.O=S(=O)([O-])C(F)(F)F.[HH].[HH].[Ir].[Ir].[c-]1ccccc1-c1ccccn1.c1ccc(-c2ccccn2)cc1. The predicted octanol–water partition coefficient (Wildman–Crippen LogP) is 14.9. The molecule has 0 fully saturated rings. The largest absolute Gasteiger partial charge is 0.741 e. The minimum atomic E-state index is -6.09. The number of nitrogens with zero attached hydrogens (tertiary/aromatic N) is 4. The van der Waals surface area contributed by atoms with Crippen molar-refractivity contribution in [3.63, 3.8) is 0 Å². The van der Waals surface area contributed by atoms with E-state index in [0.717, 1.165) is 77.8 Å². The first-order valence-corrected chi connectivity index (χ1v) is 25.6. The number of aryl methyl sites for hydroxylation is 3. The van der Waals surface area contributed by atoms with Crippen molar-refractivity contribution in [3.8, 4) is 67.3 Å². The second-order valence-corrected chi connectivity index (χ2v) is 17.2. The average Bonchev–Trinajstić information content (AvgIpc) is 3.50. The summed E-state index contributed by atoms with van der Waals surface area (Å²) in [5, 5.41) is 14.0. The molecule has 4 heterocycles. The molecule has 15 heteroatoms. The van der Waals surface area contributed by atoms with Crippen molar-refractivity contribution < 1.29 is 79.4 Å². The molecule has 0 aliphatic rings. The molecule has 0 saturated carbocycles. The second-order valence-electron chi connectivity index (χ2n) is 15.8. The van der Waals surface area contributed by atoms with E-state index >= 15 is 0 Å². The van der Waals surface area contributed by atoms with Gasteiger partial charge in [0.15, 0.2) is 10.1 Å². The number of alkyl halides is 3. The molecule has 10 rings (SSSR count). The van der Waals surface area contributed by atoms with Gasteiger partial charge in [0.25, 0.3) is 0 Å². The van der Waals surface area contributed by atoms with Gasteiger partial charge in [0.05, 0.1) is 5.69 Å². The van der Waals surface area contributed by atoms with Crippen LogP contribution in [0.4, 0.5) is 13.2 Å². The van der Waals surface area contributed by atoms with Gasteiger partial charge in [0.1, 0.15) is 0 Å². The minimum Gasteiger partial charge on any atom is -0.741 e. The van der Waals surface area contributed by atoms with Crippen LogP contribution in [0.1, 0.15) is 33.5 Å². The van der Waals surface area contributed by atoms with Crippen LogP contribution in [0.3, 0.4) is 0 Å². The molecule has 0 bridgehead atoms. The zero-order valence-corrected chi connectivity index (χ0v) is 49.6. The third kappa shape index (κ3) is 22.2. The summed E-state index contributed by atoms with van der Waals surface area (Å²) in [6, 6.07) is 80.7. The summed E-state index contributed by atoms with van der Waals surface area (Å²) in [6.45, 7) is 6.47. The quantitative estimate of drug-likeness (QED) is 0.0861. The normalized spacial score (nSPS) is 9.96. The molecule has 0 spiro atoms. The van der Waals surface area contributed by atoms with Crippen molar-refractivity contribution >= 4 is 10.1 Å². The van der Waals surface area contributed by atoms with E-state index in [1.54, 1.807) is 6.20 Å². The van der Waals surface area contributed by atoms with Crippen LogP contribution in [0, 0.1) is 25.1 Å².